The molecule has 0 radical (unpaired) electrons. The smallest absolute Gasteiger partial charge is 0.143 e. The predicted molar refractivity (Wildman–Crippen MR) is 93.4 cm³/mol. The molecule has 1 N–H and O–H groups in total. The second-order valence-corrected chi connectivity index (χ2v) is 7.24. The molecular formula is C18H19N3S. The first-order chi connectivity index (χ1) is 10.6. The molecule has 1 aromatic carbocycles. The second-order valence-electron chi connectivity index (χ2n) is 6.16. The van der Waals surface area contributed by atoms with E-state index in [4.69, 9.17) is 4.98 Å². The maximum absolute atomic E-state index is 4.69. The van der Waals surface area contributed by atoms with Crippen molar-refractivity contribution in [2.75, 3.05) is 5.32 Å². The fourth-order valence-electron chi connectivity index (χ4n) is 3.38. The third-order valence-electron chi connectivity index (χ3n) is 4.16. The van der Waals surface area contributed by atoms with E-state index >= 15 is 0 Å². The molecule has 3 nitrogen and oxygen atoms in total. The van der Waals surface area contributed by atoms with Crippen molar-refractivity contribution in [3.05, 3.63) is 45.6 Å². The van der Waals surface area contributed by atoms with E-state index < -0.39 is 0 Å². The normalized spacial score (nSPS) is 13.6. The van der Waals surface area contributed by atoms with Crippen molar-refractivity contribution in [1.82, 2.24) is 9.97 Å². The zero-order chi connectivity index (χ0) is 15.3. The van der Waals surface area contributed by atoms with Gasteiger partial charge in [-0.1, -0.05) is 6.07 Å². The summed E-state index contributed by atoms with van der Waals surface area (Å²) in [5.41, 5.74) is 5.10. The molecule has 0 aliphatic heterocycles. The van der Waals surface area contributed by atoms with Crippen LogP contribution in [0.3, 0.4) is 0 Å². The monoisotopic (exact) mass is 309 g/mol. The fraction of sp³-hybridized carbons (Fsp3) is 0.333. The molecule has 2 heterocycles. The number of rotatable bonds is 2. The quantitative estimate of drug-likeness (QED) is 0.735. The fourth-order valence-corrected chi connectivity index (χ4v) is 4.68. The standard InChI is InChI=1S/C18H19N3S/c1-10-7-11(2)9-13(8-10)21-17-16-14-5-4-6-15(14)22-18(16)20-12(3)19-17/h7-9H,4-6H2,1-3H3,(H,19,20,21). The van der Waals surface area contributed by atoms with Crippen molar-refractivity contribution >= 4 is 33.1 Å². The Morgan fingerprint density at radius 3 is 2.55 bits per heavy atom. The molecule has 4 heteroatoms. The predicted octanol–water partition coefficient (Wildman–Crippen LogP) is 4.85. The zero-order valence-electron chi connectivity index (χ0n) is 13.2. The molecule has 3 aromatic rings. The van der Waals surface area contributed by atoms with Gasteiger partial charge in [0, 0.05) is 10.6 Å². The topological polar surface area (TPSA) is 37.8 Å². The minimum Gasteiger partial charge on any atom is -0.340 e. The average molecular weight is 309 g/mol. The number of thiophene rings is 1. The van der Waals surface area contributed by atoms with Crippen LogP contribution in [0.4, 0.5) is 11.5 Å². The van der Waals surface area contributed by atoms with Crippen molar-refractivity contribution in [3.63, 3.8) is 0 Å². The number of aromatic nitrogens is 2. The van der Waals surface area contributed by atoms with Crippen LogP contribution >= 0.6 is 11.3 Å². The van der Waals surface area contributed by atoms with E-state index in [9.17, 15) is 0 Å². The first kappa shape index (κ1) is 13.7. The molecule has 0 saturated carbocycles. The molecular weight excluding hydrogens is 290 g/mol. The largest absolute Gasteiger partial charge is 0.340 e. The molecule has 112 valence electrons. The Morgan fingerprint density at radius 1 is 1.00 bits per heavy atom. The number of nitrogens with one attached hydrogen (secondary N) is 1. The average Bonchev–Trinajstić information content (AvgIpc) is 2.96. The van der Waals surface area contributed by atoms with Crippen molar-refractivity contribution in [2.45, 2.75) is 40.0 Å². The molecule has 0 unspecified atom stereocenters. The summed E-state index contributed by atoms with van der Waals surface area (Å²) in [6, 6.07) is 6.53. The van der Waals surface area contributed by atoms with Crippen LogP contribution in [0.1, 0.15) is 33.8 Å². The van der Waals surface area contributed by atoms with Gasteiger partial charge in [-0.05, 0) is 68.9 Å². The summed E-state index contributed by atoms with van der Waals surface area (Å²) in [6.45, 7) is 6.22. The molecule has 4 rings (SSSR count). The highest BCUT2D eigenvalue weighted by molar-refractivity contribution is 7.19. The van der Waals surface area contributed by atoms with Gasteiger partial charge in [0.25, 0.3) is 0 Å². The Morgan fingerprint density at radius 2 is 1.77 bits per heavy atom. The molecule has 0 spiro atoms. The Kier molecular flexibility index (Phi) is 3.15. The molecule has 0 atom stereocenters. The van der Waals surface area contributed by atoms with Crippen molar-refractivity contribution < 1.29 is 0 Å². The maximum Gasteiger partial charge on any atom is 0.143 e. The van der Waals surface area contributed by atoms with E-state index in [1.165, 1.54) is 39.8 Å². The lowest BCUT2D eigenvalue weighted by molar-refractivity contribution is 0.917. The Labute approximate surface area is 134 Å². The summed E-state index contributed by atoms with van der Waals surface area (Å²) in [6.07, 6.45) is 3.61. The van der Waals surface area contributed by atoms with Crippen molar-refractivity contribution in [3.8, 4) is 0 Å². The van der Waals surface area contributed by atoms with Crippen LogP contribution in [-0.2, 0) is 12.8 Å². The molecule has 0 bridgehead atoms. The van der Waals surface area contributed by atoms with Crippen molar-refractivity contribution in [2.24, 2.45) is 0 Å². The van der Waals surface area contributed by atoms with Crippen LogP contribution in [-0.4, -0.2) is 9.97 Å². The SMILES string of the molecule is Cc1cc(C)cc(Nc2nc(C)nc3sc4c(c23)CCC4)c1. The second kappa shape index (κ2) is 5.06. The maximum atomic E-state index is 4.69. The minimum absolute atomic E-state index is 0.833. The molecule has 2 aromatic heterocycles. The molecule has 1 aliphatic rings. The van der Waals surface area contributed by atoms with Gasteiger partial charge in [-0.15, -0.1) is 11.3 Å². The van der Waals surface area contributed by atoms with Gasteiger partial charge < -0.3 is 5.32 Å². The van der Waals surface area contributed by atoms with Crippen LogP contribution in [0.2, 0.25) is 0 Å². The van der Waals surface area contributed by atoms with E-state index in [1.54, 1.807) is 0 Å². The highest BCUT2D eigenvalue weighted by Gasteiger charge is 2.21. The number of benzene rings is 1. The number of nitrogens with zero attached hydrogens (tertiary/aromatic N) is 2. The Balaban J connectivity index is 1.87. The Bertz CT molecular complexity index is 859. The first-order valence-corrected chi connectivity index (χ1v) is 8.56. The summed E-state index contributed by atoms with van der Waals surface area (Å²) in [7, 11) is 0. The summed E-state index contributed by atoms with van der Waals surface area (Å²) in [5.74, 6) is 1.80. The molecule has 0 fully saturated rings. The van der Waals surface area contributed by atoms with E-state index in [2.05, 4.69) is 42.3 Å². The lowest BCUT2D eigenvalue weighted by atomic mass is 10.1. The van der Waals surface area contributed by atoms with Gasteiger partial charge in [0.05, 0.1) is 5.39 Å². The number of aryl methyl sites for hydroxylation is 5. The van der Waals surface area contributed by atoms with Crippen molar-refractivity contribution in [1.29, 1.82) is 0 Å². The summed E-state index contributed by atoms with van der Waals surface area (Å²) >= 11 is 1.84. The number of hydrogen-bond donors (Lipinski definition) is 1. The number of fused-ring (bicyclic) bond motifs is 3. The minimum atomic E-state index is 0.833. The van der Waals surface area contributed by atoms with Gasteiger partial charge in [0.2, 0.25) is 0 Å². The van der Waals surface area contributed by atoms with Gasteiger partial charge in [-0.3, -0.25) is 0 Å². The van der Waals surface area contributed by atoms with E-state index in [0.29, 0.717) is 0 Å². The van der Waals surface area contributed by atoms with E-state index in [-0.39, 0.29) is 0 Å². The third-order valence-corrected chi connectivity index (χ3v) is 5.35. The lowest BCUT2D eigenvalue weighted by Gasteiger charge is -2.10. The van der Waals surface area contributed by atoms with E-state index in [0.717, 1.165) is 28.6 Å². The molecule has 1 aliphatic carbocycles. The third kappa shape index (κ3) is 2.28. The van der Waals surface area contributed by atoms with Gasteiger partial charge in [-0.25, -0.2) is 9.97 Å². The summed E-state index contributed by atoms with van der Waals surface area (Å²) in [5, 5.41) is 4.78. The van der Waals surface area contributed by atoms with Gasteiger partial charge in [0.15, 0.2) is 0 Å². The molecule has 0 amide bonds. The van der Waals surface area contributed by atoms with Crippen LogP contribution in [0, 0.1) is 20.8 Å². The summed E-state index contributed by atoms with van der Waals surface area (Å²) < 4.78 is 0. The highest BCUT2D eigenvalue weighted by Crippen LogP contribution is 2.40. The zero-order valence-corrected chi connectivity index (χ0v) is 14.0. The van der Waals surface area contributed by atoms with E-state index in [1.807, 2.05) is 18.3 Å². The van der Waals surface area contributed by atoms with Crippen LogP contribution in [0.15, 0.2) is 18.2 Å². The van der Waals surface area contributed by atoms with Gasteiger partial charge in [0.1, 0.15) is 16.5 Å². The number of anilines is 2. The summed E-state index contributed by atoms with van der Waals surface area (Å²) in [4.78, 5) is 12.0. The highest BCUT2D eigenvalue weighted by atomic mass is 32.1. The van der Waals surface area contributed by atoms with Gasteiger partial charge in [-0.2, -0.15) is 0 Å². The van der Waals surface area contributed by atoms with Gasteiger partial charge >= 0.3 is 0 Å². The molecule has 22 heavy (non-hydrogen) atoms. The van der Waals surface area contributed by atoms with Crippen LogP contribution in [0.25, 0.3) is 10.2 Å². The number of hydrogen-bond acceptors (Lipinski definition) is 4. The lowest BCUT2D eigenvalue weighted by Crippen LogP contribution is -1.99. The Hall–Kier alpha value is -1.94. The first-order valence-electron chi connectivity index (χ1n) is 7.74. The van der Waals surface area contributed by atoms with Crippen LogP contribution < -0.4 is 5.32 Å². The molecule has 0 saturated heterocycles. The van der Waals surface area contributed by atoms with Crippen LogP contribution in [0.5, 0.6) is 0 Å².